The third-order valence-corrected chi connectivity index (χ3v) is 6.26. The van der Waals surface area contributed by atoms with E-state index in [2.05, 4.69) is 9.47 Å². The first-order valence-corrected chi connectivity index (χ1v) is 14.4. The highest BCUT2D eigenvalue weighted by atomic mass is 19.3. The minimum absolute atomic E-state index is 0.0471. The standard InChI is InChI=1S/C28H40F6O11/c1-6-7-8-9-10-11-12-13-14-40-28(33,34)27(31,32)24(29)25(30)45-26-23(43-19(5)38)22(42-18(4)37)21(41-17(3)36)20(44-26)15-39-16(2)35/h20-23,26H,6-15H2,1-5H3/b25-24+/t20-,21+,22+,23-,26+/m1/s1. The SMILES string of the molecule is CCCCCCCCCCOC(F)(F)C(F)(F)/C(F)=C(/F)O[C@@H]1O[C@H](COC(C)=O)[C@H](OC(C)=O)[C@H](OC(C)=O)[C@H]1OC(C)=O. The molecule has 11 nitrogen and oxygen atoms in total. The first kappa shape index (κ1) is 39.9. The molecule has 0 saturated carbocycles. The Labute approximate surface area is 256 Å². The van der Waals surface area contributed by atoms with Crippen molar-refractivity contribution < 1.29 is 78.7 Å². The molecule has 0 aromatic rings. The average molecular weight is 667 g/mol. The molecule has 0 aromatic heterocycles. The van der Waals surface area contributed by atoms with Crippen LogP contribution in [0.4, 0.5) is 26.3 Å². The Kier molecular flexibility index (Phi) is 16.7. The second-order valence-electron chi connectivity index (χ2n) is 10.2. The minimum Gasteiger partial charge on any atom is -0.463 e. The largest absolute Gasteiger partial charge is 0.463 e. The number of unbranched alkanes of at least 4 members (excludes halogenated alkanes) is 7. The fraction of sp³-hybridized carbons (Fsp3) is 0.786. The van der Waals surface area contributed by atoms with Crippen molar-refractivity contribution in [2.45, 2.75) is 129 Å². The quantitative estimate of drug-likeness (QED) is 0.0563. The van der Waals surface area contributed by atoms with Crippen LogP contribution >= 0.6 is 0 Å². The molecule has 17 heteroatoms. The average Bonchev–Trinajstić information content (AvgIpc) is 2.92. The van der Waals surface area contributed by atoms with E-state index >= 15 is 0 Å². The summed E-state index contributed by atoms with van der Waals surface area (Å²) in [5.74, 6) is -13.5. The van der Waals surface area contributed by atoms with Gasteiger partial charge < -0.3 is 33.2 Å². The smallest absolute Gasteiger partial charge is 0.426 e. The molecule has 0 unspecified atom stereocenters. The van der Waals surface area contributed by atoms with Gasteiger partial charge in [0.15, 0.2) is 12.2 Å². The molecule has 45 heavy (non-hydrogen) atoms. The van der Waals surface area contributed by atoms with Gasteiger partial charge in [-0.2, -0.15) is 26.3 Å². The number of hydrogen-bond donors (Lipinski definition) is 0. The number of alkyl halides is 4. The zero-order valence-corrected chi connectivity index (χ0v) is 25.7. The van der Waals surface area contributed by atoms with Crippen molar-refractivity contribution >= 4 is 23.9 Å². The molecule has 0 amide bonds. The lowest BCUT2D eigenvalue weighted by Gasteiger charge is -2.43. The monoisotopic (exact) mass is 666 g/mol. The maximum absolute atomic E-state index is 14.8. The second kappa shape index (κ2) is 18.8. The fourth-order valence-corrected chi connectivity index (χ4v) is 4.22. The predicted molar refractivity (Wildman–Crippen MR) is 141 cm³/mol. The molecular weight excluding hydrogens is 626 g/mol. The van der Waals surface area contributed by atoms with Crippen LogP contribution in [-0.4, -0.2) is 79.8 Å². The van der Waals surface area contributed by atoms with E-state index in [1.54, 1.807) is 0 Å². The molecule has 0 bridgehead atoms. The number of esters is 4. The van der Waals surface area contributed by atoms with Crippen molar-refractivity contribution in [3.63, 3.8) is 0 Å². The van der Waals surface area contributed by atoms with Gasteiger partial charge in [0.1, 0.15) is 12.7 Å². The number of ether oxygens (including phenoxy) is 7. The van der Waals surface area contributed by atoms with Gasteiger partial charge in [0, 0.05) is 27.7 Å². The van der Waals surface area contributed by atoms with E-state index < -0.39 is 91.7 Å². The Balaban J connectivity index is 3.21. The molecule has 1 aliphatic rings. The summed E-state index contributed by atoms with van der Waals surface area (Å²) in [5.41, 5.74) is 0. The summed E-state index contributed by atoms with van der Waals surface area (Å²) >= 11 is 0. The van der Waals surface area contributed by atoms with Crippen LogP contribution in [0.5, 0.6) is 0 Å². The highest BCUT2D eigenvalue weighted by Crippen LogP contribution is 2.44. The summed E-state index contributed by atoms with van der Waals surface area (Å²) in [4.78, 5) is 46.7. The van der Waals surface area contributed by atoms with Crippen LogP contribution in [0.2, 0.25) is 0 Å². The lowest BCUT2D eigenvalue weighted by atomic mass is 9.98. The first-order valence-electron chi connectivity index (χ1n) is 14.4. The summed E-state index contributed by atoms with van der Waals surface area (Å²) in [5, 5.41) is 0. The van der Waals surface area contributed by atoms with E-state index in [0.29, 0.717) is 12.8 Å². The topological polar surface area (TPSA) is 133 Å². The summed E-state index contributed by atoms with van der Waals surface area (Å²) in [7, 11) is 0. The number of rotatable bonds is 19. The van der Waals surface area contributed by atoms with Crippen LogP contribution in [0.25, 0.3) is 0 Å². The van der Waals surface area contributed by atoms with Crippen LogP contribution in [0.3, 0.4) is 0 Å². The van der Waals surface area contributed by atoms with Crippen LogP contribution in [0, 0.1) is 0 Å². The number of carbonyl (C=O) groups excluding carboxylic acids is 4. The summed E-state index contributed by atoms with van der Waals surface area (Å²) in [6.45, 7) is 3.88. The van der Waals surface area contributed by atoms with Gasteiger partial charge in [-0.3, -0.25) is 19.2 Å². The van der Waals surface area contributed by atoms with E-state index in [1.807, 2.05) is 6.92 Å². The molecule has 0 aliphatic carbocycles. The lowest BCUT2D eigenvalue weighted by molar-refractivity contribution is -0.341. The van der Waals surface area contributed by atoms with Gasteiger partial charge in [-0.25, -0.2) is 0 Å². The maximum atomic E-state index is 14.8. The minimum atomic E-state index is -5.88. The van der Waals surface area contributed by atoms with Crippen molar-refractivity contribution in [3.8, 4) is 0 Å². The predicted octanol–water partition coefficient (Wildman–Crippen LogP) is 5.58. The van der Waals surface area contributed by atoms with Crippen molar-refractivity contribution in [2.75, 3.05) is 13.2 Å². The van der Waals surface area contributed by atoms with Gasteiger partial charge in [-0.15, -0.1) is 0 Å². The zero-order valence-electron chi connectivity index (χ0n) is 25.7. The van der Waals surface area contributed by atoms with Gasteiger partial charge in [-0.05, 0) is 6.42 Å². The van der Waals surface area contributed by atoms with Crippen molar-refractivity contribution in [1.82, 2.24) is 0 Å². The molecule has 0 radical (unpaired) electrons. The second-order valence-corrected chi connectivity index (χ2v) is 10.2. The summed E-state index contributed by atoms with van der Waals surface area (Å²) < 4.78 is 120. The van der Waals surface area contributed by atoms with E-state index in [-0.39, 0.29) is 6.42 Å². The molecule has 1 rings (SSSR count). The highest BCUT2D eigenvalue weighted by Gasteiger charge is 2.64. The van der Waals surface area contributed by atoms with Crippen molar-refractivity contribution in [2.24, 2.45) is 0 Å². The Hall–Kier alpha value is -3.08. The van der Waals surface area contributed by atoms with Gasteiger partial charge in [0.05, 0.1) is 6.61 Å². The first-order chi connectivity index (χ1) is 20.9. The van der Waals surface area contributed by atoms with Crippen LogP contribution in [0.15, 0.2) is 11.8 Å². The van der Waals surface area contributed by atoms with Gasteiger partial charge >= 0.3 is 41.9 Å². The van der Waals surface area contributed by atoms with Crippen LogP contribution in [-0.2, 0) is 52.3 Å². The molecule has 1 heterocycles. The highest BCUT2D eigenvalue weighted by molar-refractivity contribution is 5.68. The number of halogens is 6. The summed E-state index contributed by atoms with van der Waals surface area (Å²) in [6, 6.07) is -2.92. The molecule has 0 spiro atoms. The van der Waals surface area contributed by atoms with E-state index in [0.717, 1.165) is 59.8 Å². The van der Waals surface area contributed by atoms with Gasteiger partial charge in [0.25, 0.3) is 5.83 Å². The Morgan fingerprint density at radius 3 is 1.67 bits per heavy atom. The number of carbonyl (C=O) groups is 4. The van der Waals surface area contributed by atoms with E-state index in [9.17, 15) is 45.5 Å². The third kappa shape index (κ3) is 13.0. The van der Waals surface area contributed by atoms with E-state index in [1.165, 1.54) is 0 Å². The third-order valence-electron chi connectivity index (χ3n) is 6.26. The lowest BCUT2D eigenvalue weighted by Crippen LogP contribution is -2.62. The fourth-order valence-electron chi connectivity index (χ4n) is 4.22. The Morgan fingerprint density at radius 1 is 0.667 bits per heavy atom. The molecular formula is C28H40F6O11. The van der Waals surface area contributed by atoms with Gasteiger partial charge in [-0.1, -0.05) is 51.9 Å². The van der Waals surface area contributed by atoms with E-state index in [4.69, 9.17) is 23.7 Å². The molecule has 0 N–H and O–H groups in total. The van der Waals surface area contributed by atoms with Crippen LogP contribution in [0.1, 0.15) is 86.0 Å². The maximum Gasteiger partial charge on any atom is 0.426 e. The van der Waals surface area contributed by atoms with Crippen molar-refractivity contribution in [3.05, 3.63) is 11.8 Å². The molecule has 0 aromatic carbocycles. The molecule has 260 valence electrons. The molecule has 1 fully saturated rings. The number of hydrogen-bond acceptors (Lipinski definition) is 11. The zero-order chi connectivity index (χ0) is 34.4. The Morgan fingerprint density at radius 2 is 1.16 bits per heavy atom. The van der Waals surface area contributed by atoms with Gasteiger partial charge in [0.2, 0.25) is 12.4 Å². The summed E-state index contributed by atoms with van der Waals surface area (Å²) in [6.07, 6.45) is -9.71. The van der Waals surface area contributed by atoms with Crippen molar-refractivity contribution in [1.29, 1.82) is 0 Å². The molecule has 1 aliphatic heterocycles. The normalized spacial score (nSPS) is 22.6. The molecule has 1 saturated heterocycles. The Bertz CT molecular complexity index is 1020. The molecule has 5 atom stereocenters. The van der Waals surface area contributed by atoms with Crippen LogP contribution < -0.4 is 0 Å².